The second kappa shape index (κ2) is 9.09. The highest BCUT2D eigenvalue weighted by molar-refractivity contribution is 6.42. The Balaban J connectivity index is 2.04. The summed E-state index contributed by atoms with van der Waals surface area (Å²) in [6.07, 6.45) is 1.13. The molecule has 1 aliphatic rings. The van der Waals surface area contributed by atoms with Crippen LogP contribution >= 0.6 is 23.2 Å². The molecule has 7 heteroatoms. The normalized spacial score (nSPS) is 18.2. The summed E-state index contributed by atoms with van der Waals surface area (Å²) in [5.41, 5.74) is 2.83. The molecule has 0 fully saturated rings. The van der Waals surface area contributed by atoms with Gasteiger partial charge in [-0.15, -0.1) is 0 Å². The molecule has 0 saturated carbocycles. The number of nitrogens with zero attached hydrogens (tertiary/aromatic N) is 1. The molecule has 0 spiro atoms. The molecule has 1 aliphatic carbocycles. The molecule has 0 heterocycles. The molecule has 2 atom stereocenters. The van der Waals surface area contributed by atoms with E-state index in [1.165, 1.54) is 7.11 Å². The van der Waals surface area contributed by atoms with Crippen molar-refractivity contribution in [3.8, 4) is 0 Å². The van der Waals surface area contributed by atoms with Gasteiger partial charge < -0.3 is 14.4 Å². The summed E-state index contributed by atoms with van der Waals surface area (Å²) in [6, 6.07) is 10.9. The summed E-state index contributed by atoms with van der Waals surface area (Å²) in [7, 11) is 3.10. The van der Waals surface area contributed by atoms with Crippen LogP contribution in [0.5, 0.6) is 0 Å². The first kappa shape index (κ1) is 23.4. The third-order valence-corrected chi connectivity index (χ3v) is 6.21. The van der Waals surface area contributed by atoms with E-state index in [0.717, 1.165) is 29.5 Å². The molecule has 0 unspecified atom stereocenters. The van der Waals surface area contributed by atoms with Crippen LogP contribution in [-0.2, 0) is 9.47 Å². The average Bonchev–Trinajstić information content (AvgIpc) is 2.72. The largest absolute Gasteiger partial charge is 0.465 e. The monoisotopic (exact) mass is 463 g/mol. The maximum atomic E-state index is 12.7. The van der Waals surface area contributed by atoms with Crippen LogP contribution < -0.4 is 0 Å². The number of carbonyl (C=O) groups is 2. The van der Waals surface area contributed by atoms with Crippen LogP contribution in [-0.4, -0.2) is 36.7 Å². The molecule has 0 radical (unpaired) electrons. The average molecular weight is 464 g/mol. The Morgan fingerprint density at radius 2 is 1.71 bits per heavy atom. The first-order valence-corrected chi connectivity index (χ1v) is 10.9. The van der Waals surface area contributed by atoms with E-state index in [9.17, 15) is 9.59 Å². The minimum Gasteiger partial charge on any atom is -0.465 e. The number of rotatable bonds is 3. The van der Waals surface area contributed by atoms with E-state index in [2.05, 4.69) is 0 Å². The summed E-state index contributed by atoms with van der Waals surface area (Å²) in [5, 5.41) is 0.977. The summed E-state index contributed by atoms with van der Waals surface area (Å²) >= 11 is 12.4. The Bertz CT molecular complexity index is 1000. The van der Waals surface area contributed by atoms with Crippen LogP contribution in [0.15, 0.2) is 36.4 Å². The van der Waals surface area contributed by atoms with Gasteiger partial charge in [-0.1, -0.05) is 35.3 Å². The highest BCUT2D eigenvalue weighted by atomic mass is 35.5. The van der Waals surface area contributed by atoms with Gasteiger partial charge in [0, 0.05) is 13.0 Å². The second-order valence-corrected chi connectivity index (χ2v) is 9.56. The van der Waals surface area contributed by atoms with Gasteiger partial charge in [0.1, 0.15) is 5.60 Å². The van der Waals surface area contributed by atoms with E-state index >= 15 is 0 Å². The fourth-order valence-electron chi connectivity index (χ4n) is 4.00. The van der Waals surface area contributed by atoms with Crippen molar-refractivity contribution in [3.05, 3.63) is 68.7 Å². The van der Waals surface area contributed by atoms with E-state index in [1.807, 2.05) is 45.0 Å². The predicted molar refractivity (Wildman–Crippen MR) is 122 cm³/mol. The van der Waals surface area contributed by atoms with E-state index in [-0.39, 0.29) is 18.1 Å². The van der Waals surface area contributed by atoms with Crippen molar-refractivity contribution < 1.29 is 19.1 Å². The quantitative estimate of drug-likeness (QED) is 0.480. The standard InChI is InChI=1S/C24H27Cl2NO4/c1-24(2,3)31-23(29)27(4)21-11-9-16(14-7-10-19(25)20(26)13-14)18-12-15(22(28)30-5)6-8-17(18)21/h6-8,10,12-13,16,21H,9,11H2,1-5H3/t16-,21-/m0/s1. The molecular weight excluding hydrogens is 437 g/mol. The van der Waals surface area contributed by atoms with Crippen LogP contribution in [0.25, 0.3) is 0 Å². The van der Waals surface area contributed by atoms with Crippen molar-refractivity contribution in [2.45, 2.75) is 51.2 Å². The number of carbonyl (C=O) groups excluding carboxylic acids is 2. The third-order valence-electron chi connectivity index (χ3n) is 5.47. The Morgan fingerprint density at radius 1 is 1.00 bits per heavy atom. The number of esters is 1. The SMILES string of the molecule is COC(=O)c1ccc2c(c1)[C@H](c1ccc(Cl)c(Cl)c1)CC[C@@H]2N(C)C(=O)OC(C)(C)C. The van der Waals surface area contributed by atoms with Gasteiger partial charge in [-0.2, -0.15) is 0 Å². The van der Waals surface area contributed by atoms with E-state index in [1.54, 1.807) is 24.1 Å². The maximum Gasteiger partial charge on any atom is 0.410 e. The minimum atomic E-state index is -0.583. The van der Waals surface area contributed by atoms with Gasteiger partial charge in [0.15, 0.2) is 0 Å². The van der Waals surface area contributed by atoms with Gasteiger partial charge in [0.2, 0.25) is 0 Å². The van der Waals surface area contributed by atoms with Gasteiger partial charge in [0.25, 0.3) is 0 Å². The summed E-state index contributed by atoms with van der Waals surface area (Å²) in [4.78, 5) is 26.5. The zero-order valence-corrected chi connectivity index (χ0v) is 19.9. The van der Waals surface area contributed by atoms with Crippen molar-refractivity contribution in [3.63, 3.8) is 0 Å². The van der Waals surface area contributed by atoms with Gasteiger partial charge in [0.05, 0.1) is 28.8 Å². The number of fused-ring (bicyclic) bond motifs is 1. The first-order valence-electron chi connectivity index (χ1n) is 10.1. The minimum absolute atomic E-state index is 0.0117. The topological polar surface area (TPSA) is 55.8 Å². The van der Waals surface area contributed by atoms with Crippen molar-refractivity contribution >= 4 is 35.3 Å². The lowest BCUT2D eigenvalue weighted by Gasteiger charge is -2.37. The Hall–Kier alpha value is -2.24. The molecule has 166 valence electrons. The molecular formula is C24H27Cl2NO4. The van der Waals surface area contributed by atoms with Gasteiger partial charge in [-0.25, -0.2) is 9.59 Å². The molecule has 0 aromatic heterocycles. The predicted octanol–water partition coefficient (Wildman–Crippen LogP) is 6.61. The fraction of sp³-hybridized carbons (Fsp3) is 0.417. The number of hydrogen-bond donors (Lipinski definition) is 0. The number of amides is 1. The van der Waals surface area contributed by atoms with Crippen LogP contribution in [0.4, 0.5) is 4.79 Å². The smallest absolute Gasteiger partial charge is 0.410 e. The Labute approximate surface area is 193 Å². The van der Waals surface area contributed by atoms with Crippen molar-refractivity contribution in [2.75, 3.05) is 14.2 Å². The van der Waals surface area contributed by atoms with Gasteiger partial charge in [-0.05, 0) is 74.6 Å². The highest BCUT2D eigenvalue weighted by Gasteiger charge is 2.34. The van der Waals surface area contributed by atoms with E-state index in [0.29, 0.717) is 15.6 Å². The second-order valence-electron chi connectivity index (χ2n) is 8.75. The zero-order chi connectivity index (χ0) is 22.9. The number of ether oxygens (including phenoxy) is 2. The zero-order valence-electron chi connectivity index (χ0n) is 18.4. The molecule has 2 aromatic carbocycles. The Kier molecular flexibility index (Phi) is 6.87. The van der Waals surface area contributed by atoms with Crippen molar-refractivity contribution in [2.24, 2.45) is 0 Å². The Morgan fingerprint density at radius 3 is 2.32 bits per heavy atom. The summed E-state index contributed by atoms with van der Waals surface area (Å²) in [5.74, 6) is -0.393. The number of hydrogen-bond acceptors (Lipinski definition) is 4. The summed E-state index contributed by atoms with van der Waals surface area (Å²) in [6.45, 7) is 5.53. The number of methoxy groups -OCH3 is 1. The van der Waals surface area contributed by atoms with Crippen LogP contribution in [0, 0.1) is 0 Å². The number of benzene rings is 2. The lowest BCUT2D eigenvalue weighted by Crippen LogP contribution is -2.38. The molecule has 2 aromatic rings. The molecule has 0 aliphatic heterocycles. The molecule has 31 heavy (non-hydrogen) atoms. The van der Waals surface area contributed by atoms with Crippen molar-refractivity contribution in [1.29, 1.82) is 0 Å². The summed E-state index contributed by atoms with van der Waals surface area (Å²) < 4.78 is 10.5. The molecule has 0 N–H and O–H groups in total. The lowest BCUT2D eigenvalue weighted by molar-refractivity contribution is 0.0202. The molecule has 5 nitrogen and oxygen atoms in total. The van der Waals surface area contributed by atoms with Crippen LogP contribution in [0.2, 0.25) is 10.0 Å². The third kappa shape index (κ3) is 5.16. The van der Waals surface area contributed by atoms with Gasteiger partial charge in [-0.3, -0.25) is 0 Å². The first-order chi connectivity index (χ1) is 14.5. The lowest BCUT2D eigenvalue weighted by atomic mass is 9.76. The maximum absolute atomic E-state index is 12.7. The van der Waals surface area contributed by atoms with Crippen LogP contribution in [0.1, 0.15) is 72.6 Å². The van der Waals surface area contributed by atoms with Gasteiger partial charge >= 0.3 is 12.1 Å². The van der Waals surface area contributed by atoms with Crippen molar-refractivity contribution in [1.82, 2.24) is 4.90 Å². The van der Waals surface area contributed by atoms with E-state index in [4.69, 9.17) is 32.7 Å². The number of halogens is 2. The molecule has 0 saturated heterocycles. The molecule has 1 amide bonds. The highest BCUT2D eigenvalue weighted by Crippen LogP contribution is 2.45. The molecule has 0 bridgehead atoms. The van der Waals surface area contributed by atoms with Crippen LogP contribution in [0.3, 0.4) is 0 Å². The van der Waals surface area contributed by atoms with E-state index < -0.39 is 11.6 Å². The fourth-order valence-corrected chi connectivity index (χ4v) is 4.31. The molecule has 3 rings (SSSR count).